The summed E-state index contributed by atoms with van der Waals surface area (Å²) in [5, 5.41) is 3.41. The van der Waals surface area contributed by atoms with Crippen LogP contribution >= 0.6 is 27.7 Å². The van der Waals surface area contributed by atoms with Crippen molar-refractivity contribution >= 4 is 50.5 Å². The van der Waals surface area contributed by atoms with E-state index in [1.165, 1.54) is 11.8 Å². The van der Waals surface area contributed by atoms with Gasteiger partial charge in [-0.25, -0.2) is 4.99 Å². The number of amides is 1. The summed E-state index contributed by atoms with van der Waals surface area (Å²) in [5.74, 6) is 1.15. The summed E-state index contributed by atoms with van der Waals surface area (Å²) in [4.78, 5) is 17.8. The Morgan fingerprint density at radius 1 is 1.08 bits per heavy atom. The predicted molar refractivity (Wildman–Crippen MR) is 152 cm³/mol. The number of thioether (sulfide) groups is 1. The number of amidine groups is 1. The van der Waals surface area contributed by atoms with Crippen LogP contribution in [0.2, 0.25) is 0 Å². The lowest BCUT2D eigenvalue weighted by Crippen LogP contribution is -2.19. The summed E-state index contributed by atoms with van der Waals surface area (Å²) >= 11 is 4.78. The van der Waals surface area contributed by atoms with Crippen LogP contribution in [-0.2, 0) is 17.8 Å². The molecule has 1 amide bonds. The van der Waals surface area contributed by atoms with Gasteiger partial charge in [0.05, 0.1) is 17.2 Å². The van der Waals surface area contributed by atoms with E-state index in [1.54, 1.807) is 0 Å². The second kappa shape index (κ2) is 12.1. The molecule has 0 unspecified atom stereocenters. The fourth-order valence-corrected chi connectivity index (χ4v) is 4.71. The maximum atomic E-state index is 12.6. The number of ether oxygens (including phenoxy) is 2. The van der Waals surface area contributed by atoms with Gasteiger partial charge in [0.2, 0.25) is 0 Å². The molecule has 0 radical (unpaired) electrons. The average molecular weight is 564 g/mol. The lowest BCUT2D eigenvalue weighted by molar-refractivity contribution is -0.115. The van der Waals surface area contributed by atoms with Crippen molar-refractivity contribution in [3.05, 3.63) is 105 Å². The third-order valence-corrected chi connectivity index (χ3v) is 6.77. The van der Waals surface area contributed by atoms with Crippen LogP contribution < -0.4 is 14.8 Å². The maximum absolute atomic E-state index is 12.6. The number of aryl methyl sites for hydroxylation is 1. The lowest BCUT2D eigenvalue weighted by atomic mass is 10.0. The van der Waals surface area contributed by atoms with Gasteiger partial charge >= 0.3 is 0 Å². The van der Waals surface area contributed by atoms with Gasteiger partial charge < -0.3 is 14.8 Å². The van der Waals surface area contributed by atoms with Gasteiger partial charge in [-0.15, -0.1) is 6.58 Å². The molecule has 5 nitrogen and oxygen atoms in total. The number of hydrogen-bond acceptors (Lipinski definition) is 5. The van der Waals surface area contributed by atoms with Crippen LogP contribution in [0.5, 0.6) is 11.5 Å². The molecule has 1 fully saturated rings. The number of nitrogens with zero attached hydrogens (tertiary/aromatic N) is 1. The third kappa shape index (κ3) is 6.68. The number of rotatable bonds is 9. The Hall–Kier alpha value is -3.29. The van der Waals surface area contributed by atoms with Crippen LogP contribution in [-0.4, -0.2) is 17.7 Å². The molecule has 1 aliphatic heterocycles. The third-order valence-electron chi connectivity index (χ3n) is 5.33. The fraction of sp³-hybridized carbons (Fsp3) is 0.172. The molecule has 1 aliphatic rings. The second-order valence-electron chi connectivity index (χ2n) is 8.17. The molecule has 1 heterocycles. The van der Waals surface area contributed by atoms with Gasteiger partial charge in [-0.1, -0.05) is 51.8 Å². The summed E-state index contributed by atoms with van der Waals surface area (Å²) < 4.78 is 13.2. The average Bonchev–Trinajstić information content (AvgIpc) is 3.19. The van der Waals surface area contributed by atoms with Crippen LogP contribution in [0.1, 0.15) is 29.2 Å². The van der Waals surface area contributed by atoms with Crippen molar-refractivity contribution in [2.75, 3.05) is 6.61 Å². The number of allylic oxidation sites excluding steroid dienone is 1. The maximum Gasteiger partial charge on any atom is 0.264 e. The normalized spacial score (nSPS) is 15.2. The molecular weight excluding hydrogens is 536 g/mol. The van der Waals surface area contributed by atoms with E-state index in [4.69, 9.17) is 9.47 Å². The number of benzene rings is 3. The van der Waals surface area contributed by atoms with Crippen molar-refractivity contribution in [2.45, 2.75) is 26.9 Å². The molecule has 0 aliphatic carbocycles. The first-order valence-electron chi connectivity index (χ1n) is 11.6. The van der Waals surface area contributed by atoms with Crippen molar-refractivity contribution in [3.63, 3.8) is 0 Å². The molecule has 3 aromatic rings. The van der Waals surface area contributed by atoms with Crippen LogP contribution in [0, 0.1) is 6.92 Å². The van der Waals surface area contributed by atoms with Crippen molar-refractivity contribution in [1.29, 1.82) is 0 Å². The molecule has 36 heavy (non-hydrogen) atoms. The van der Waals surface area contributed by atoms with Crippen molar-refractivity contribution in [1.82, 2.24) is 5.32 Å². The molecule has 1 N–H and O–H groups in total. The number of nitrogens with one attached hydrogen (secondary N) is 1. The van der Waals surface area contributed by atoms with Crippen molar-refractivity contribution in [3.8, 4) is 11.5 Å². The van der Waals surface area contributed by atoms with Crippen molar-refractivity contribution < 1.29 is 14.3 Å². The molecule has 1 saturated heterocycles. The zero-order valence-electron chi connectivity index (χ0n) is 20.2. The van der Waals surface area contributed by atoms with E-state index in [0.717, 1.165) is 32.4 Å². The number of carbonyl (C=O) groups is 1. The number of hydrogen-bond donors (Lipinski definition) is 1. The van der Waals surface area contributed by atoms with Gasteiger partial charge in [-0.05, 0) is 85.6 Å². The van der Waals surface area contributed by atoms with E-state index in [-0.39, 0.29) is 5.91 Å². The lowest BCUT2D eigenvalue weighted by Gasteiger charge is -2.17. The molecule has 4 rings (SSSR count). The molecule has 3 aromatic carbocycles. The minimum atomic E-state index is -0.176. The van der Waals surface area contributed by atoms with Gasteiger partial charge in [-0.2, -0.15) is 0 Å². The Labute approximate surface area is 224 Å². The Balaban J connectivity index is 1.61. The molecule has 184 valence electrons. The van der Waals surface area contributed by atoms with Crippen molar-refractivity contribution in [2.24, 2.45) is 4.99 Å². The van der Waals surface area contributed by atoms with Crippen LogP contribution in [0.4, 0.5) is 5.69 Å². The zero-order valence-corrected chi connectivity index (χ0v) is 22.6. The topological polar surface area (TPSA) is 59.9 Å². The molecule has 7 heteroatoms. The highest BCUT2D eigenvalue weighted by Gasteiger charge is 2.24. The van der Waals surface area contributed by atoms with Gasteiger partial charge in [0, 0.05) is 10.0 Å². The first kappa shape index (κ1) is 25.8. The number of halogens is 1. The standard InChI is InChI=1S/C29H27BrN2O3S/c1-4-6-22-15-21(16-25(34-5-2)27(22)35-18-20-9-11-23(30)12-10-20)17-26-28(33)32-29(36-26)31-24-13-7-19(3)8-14-24/h4,7-17H,1,5-6,18H2,2-3H3,(H,31,32,33)/b26-17+. The number of aliphatic imine (C=N–C) groups is 1. The minimum Gasteiger partial charge on any atom is -0.490 e. The first-order valence-corrected chi connectivity index (χ1v) is 13.2. The highest BCUT2D eigenvalue weighted by atomic mass is 79.9. The largest absolute Gasteiger partial charge is 0.490 e. The Bertz CT molecular complexity index is 1320. The SMILES string of the molecule is C=CCc1cc(/C=C2/SC(=Nc3ccc(C)cc3)NC2=O)cc(OCC)c1OCc1ccc(Br)cc1. The monoisotopic (exact) mass is 562 g/mol. The van der Waals surface area contributed by atoms with Gasteiger partial charge in [0.25, 0.3) is 5.91 Å². The smallest absolute Gasteiger partial charge is 0.264 e. The fourth-order valence-electron chi connectivity index (χ4n) is 3.61. The molecule has 0 aromatic heterocycles. The van der Waals surface area contributed by atoms with E-state index in [9.17, 15) is 4.79 Å². The molecular formula is C29H27BrN2O3S. The predicted octanol–water partition coefficient (Wildman–Crippen LogP) is 7.36. The Morgan fingerprint density at radius 3 is 2.53 bits per heavy atom. The first-order chi connectivity index (χ1) is 17.4. The minimum absolute atomic E-state index is 0.176. The summed E-state index contributed by atoms with van der Waals surface area (Å²) in [6.45, 7) is 8.76. The molecule has 0 atom stereocenters. The van der Waals surface area contributed by atoms with Gasteiger partial charge in [0.15, 0.2) is 16.7 Å². The van der Waals surface area contributed by atoms with Crippen LogP contribution in [0.25, 0.3) is 6.08 Å². The Morgan fingerprint density at radius 2 is 1.83 bits per heavy atom. The van der Waals surface area contributed by atoms with E-state index < -0.39 is 0 Å². The number of carbonyl (C=O) groups excluding carboxylic acids is 1. The molecule has 0 saturated carbocycles. The van der Waals surface area contributed by atoms with Crippen LogP contribution in [0.15, 0.2) is 87.7 Å². The zero-order chi connectivity index (χ0) is 25.5. The summed E-state index contributed by atoms with van der Waals surface area (Å²) in [6, 6.07) is 19.8. The van der Waals surface area contributed by atoms with Gasteiger partial charge in [-0.3, -0.25) is 4.79 Å². The summed E-state index contributed by atoms with van der Waals surface area (Å²) in [5.41, 5.74) is 4.80. The molecule has 0 spiro atoms. The Kier molecular flexibility index (Phi) is 8.67. The van der Waals surface area contributed by atoms with E-state index >= 15 is 0 Å². The van der Waals surface area contributed by atoms with E-state index in [2.05, 4.69) is 32.8 Å². The quantitative estimate of drug-likeness (QED) is 0.218. The van der Waals surface area contributed by atoms with Gasteiger partial charge in [0.1, 0.15) is 6.61 Å². The highest BCUT2D eigenvalue weighted by Crippen LogP contribution is 2.37. The van der Waals surface area contributed by atoms with E-state index in [0.29, 0.717) is 41.2 Å². The van der Waals surface area contributed by atoms with Crippen LogP contribution in [0.3, 0.4) is 0 Å². The molecule has 0 bridgehead atoms. The summed E-state index contributed by atoms with van der Waals surface area (Å²) in [7, 11) is 0. The highest BCUT2D eigenvalue weighted by molar-refractivity contribution is 9.10. The second-order valence-corrected chi connectivity index (χ2v) is 10.1. The van der Waals surface area contributed by atoms with E-state index in [1.807, 2.05) is 86.7 Å². The summed E-state index contributed by atoms with van der Waals surface area (Å²) in [6.07, 6.45) is 4.29.